The highest BCUT2D eigenvalue weighted by Crippen LogP contribution is 2.32. The van der Waals surface area contributed by atoms with Gasteiger partial charge in [0.25, 0.3) is 0 Å². The second-order valence-electron chi connectivity index (χ2n) is 4.81. The molecule has 6 nitrogen and oxygen atoms in total. The van der Waals surface area contributed by atoms with E-state index in [9.17, 15) is 4.79 Å². The van der Waals surface area contributed by atoms with Gasteiger partial charge >= 0.3 is 0 Å². The van der Waals surface area contributed by atoms with Crippen LogP contribution in [0.25, 0.3) is 10.2 Å². The first-order chi connectivity index (χ1) is 10.5. The molecule has 3 aromatic rings. The Labute approximate surface area is 135 Å². The summed E-state index contributed by atoms with van der Waals surface area (Å²) in [4.78, 5) is 18.2. The Hall–Kier alpha value is -2.12. The Morgan fingerprint density at radius 3 is 3.00 bits per heavy atom. The number of nitrogens with one attached hydrogen (secondary N) is 1. The molecule has 114 valence electrons. The first kappa shape index (κ1) is 14.8. The lowest BCUT2D eigenvalue weighted by Crippen LogP contribution is -2.30. The normalized spacial score (nSPS) is 10.9. The number of halogens is 1. The fourth-order valence-corrected chi connectivity index (χ4v) is 3.18. The molecule has 0 saturated heterocycles. The van der Waals surface area contributed by atoms with E-state index in [0.717, 1.165) is 15.3 Å². The van der Waals surface area contributed by atoms with E-state index in [1.54, 1.807) is 31.0 Å². The first-order valence-corrected chi connectivity index (χ1v) is 7.72. The number of aromatic nitrogens is 2. The van der Waals surface area contributed by atoms with Gasteiger partial charge in [-0.05, 0) is 19.1 Å². The molecule has 0 spiro atoms. The Morgan fingerprint density at radius 1 is 1.50 bits per heavy atom. The number of fused-ring (bicyclic) bond motifs is 1. The van der Waals surface area contributed by atoms with Crippen LogP contribution in [0.1, 0.15) is 5.76 Å². The third kappa shape index (κ3) is 3.05. The van der Waals surface area contributed by atoms with Crippen LogP contribution in [0.2, 0.25) is 5.02 Å². The van der Waals surface area contributed by atoms with Crippen molar-refractivity contribution in [2.75, 3.05) is 23.8 Å². The van der Waals surface area contributed by atoms with E-state index < -0.39 is 0 Å². The maximum absolute atomic E-state index is 12.0. The molecule has 3 rings (SSSR count). The van der Waals surface area contributed by atoms with Gasteiger partial charge in [-0.1, -0.05) is 34.2 Å². The molecule has 0 aliphatic rings. The molecule has 0 atom stereocenters. The number of para-hydroxylation sites is 1. The van der Waals surface area contributed by atoms with Crippen LogP contribution in [0.15, 0.2) is 28.8 Å². The largest absolute Gasteiger partial charge is 0.360 e. The SMILES string of the molecule is Cc1cc(NC(=O)CN(C)c2nc3c(Cl)cccc3s2)no1. The van der Waals surface area contributed by atoms with E-state index in [-0.39, 0.29) is 12.5 Å². The van der Waals surface area contributed by atoms with Gasteiger partial charge in [-0.2, -0.15) is 0 Å². The molecule has 8 heteroatoms. The van der Waals surface area contributed by atoms with Crippen LogP contribution in [0.4, 0.5) is 10.9 Å². The van der Waals surface area contributed by atoms with Crippen molar-refractivity contribution in [3.63, 3.8) is 0 Å². The summed E-state index contributed by atoms with van der Waals surface area (Å²) in [6.45, 7) is 1.92. The van der Waals surface area contributed by atoms with Gasteiger partial charge in [-0.25, -0.2) is 4.98 Å². The minimum atomic E-state index is -0.193. The molecule has 0 radical (unpaired) electrons. The summed E-state index contributed by atoms with van der Waals surface area (Å²) in [5.41, 5.74) is 0.753. The Bertz CT molecular complexity index is 829. The van der Waals surface area contributed by atoms with Crippen LogP contribution < -0.4 is 10.2 Å². The van der Waals surface area contributed by atoms with Crippen LogP contribution in [0.5, 0.6) is 0 Å². The van der Waals surface area contributed by atoms with Crippen molar-refractivity contribution in [3.05, 3.63) is 35.0 Å². The quantitative estimate of drug-likeness (QED) is 0.791. The predicted molar refractivity (Wildman–Crippen MR) is 87.8 cm³/mol. The minimum Gasteiger partial charge on any atom is -0.360 e. The number of hydrogen-bond donors (Lipinski definition) is 1. The van der Waals surface area contributed by atoms with Crippen molar-refractivity contribution in [1.29, 1.82) is 0 Å². The molecule has 0 unspecified atom stereocenters. The zero-order valence-corrected chi connectivity index (χ0v) is 13.5. The Kier molecular flexibility index (Phi) is 4.00. The zero-order valence-electron chi connectivity index (χ0n) is 12.0. The van der Waals surface area contributed by atoms with Crippen molar-refractivity contribution >= 4 is 50.0 Å². The van der Waals surface area contributed by atoms with Gasteiger partial charge in [-0.15, -0.1) is 0 Å². The average molecular weight is 337 g/mol. The zero-order chi connectivity index (χ0) is 15.7. The molecule has 0 bridgehead atoms. The summed E-state index contributed by atoms with van der Waals surface area (Å²) < 4.78 is 5.89. The molecule has 1 amide bonds. The van der Waals surface area contributed by atoms with Gasteiger partial charge in [0, 0.05) is 13.1 Å². The fraction of sp³-hybridized carbons (Fsp3) is 0.214. The first-order valence-electron chi connectivity index (χ1n) is 6.52. The monoisotopic (exact) mass is 336 g/mol. The predicted octanol–water partition coefficient (Wildman–Crippen LogP) is 3.32. The second kappa shape index (κ2) is 5.94. The molecule has 0 aliphatic carbocycles. The number of hydrogen-bond acceptors (Lipinski definition) is 6. The van der Waals surface area contributed by atoms with Gasteiger partial charge in [-0.3, -0.25) is 4.79 Å². The number of anilines is 2. The number of benzene rings is 1. The average Bonchev–Trinajstić information content (AvgIpc) is 3.06. The van der Waals surface area contributed by atoms with Gasteiger partial charge in [0.05, 0.1) is 16.3 Å². The van der Waals surface area contributed by atoms with E-state index in [0.29, 0.717) is 16.6 Å². The van der Waals surface area contributed by atoms with Crippen LogP contribution in [-0.2, 0) is 4.79 Å². The maximum atomic E-state index is 12.0. The van der Waals surface area contributed by atoms with Crippen molar-refractivity contribution in [2.24, 2.45) is 0 Å². The van der Waals surface area contributed by atoms with Gasteiger partial charge in [0.15, 0.2) is 10.9 Å². The highest BCUT2D eigenvalue weighted by molar-refractivity contribution is 7.22. The maximum Gasteiger partial charge on any atom is 0.245 e. The van der Waals surface area contributed by atoms with Crippen molar-refractivity contribution < 1.29 is 9.32 Å². The molecule has 0 fully saturated rings. The van der Waals surface area contributed by atoms with Crippen molar-refractivity contribution in [2.45, 2.75) is 6.92 Å². The van der Waals surface area contributed by atoms with Crippen LogP contribution in [0.3, 0.4) is 0 Å². The molecular weight excluding hydrogens is 324 g/mol. The lowest BCUT2D eigenvalue weighted by Gasteiger charge is -2.14. The summed E-state index contributed by atoms with van der Waals surface area (Å²) in [6.07, 6.45) is 0. The number of carbonyl (C=O) groups is 1. The number of carbonyl (C=O) groups excluding carboxylic acids is 1. The van der Waals surface area contributed by atoms with E-state index in [1.165, 1.54) is 11.3 Å². The summed E-state index contributed by atoms with van der Waals surface area (Å²) in [5.74, 6) is 0.855. The molecule has 0 aliphatic heterocycles. The minimum absolute atomic E-state index is 0.156. The van der Waals surface area contributed by atoms with Crippen LogP contribution in [-0.4, -0.2) is 29.6 Å². The van der Waals surface area contributed by atoms with E-state index in [1.807, 2.05) is 12.1 Å². The molecule has 0 saturated carbocycles. The summed E-state index contributed by atoms with van der Waals surface area (Å²) in [6, 6.07) is 7.29. The van der Waals surface area contributed by atoms with Gasteiger partial charge < -0.3 is 14.7 Å². The van der Waals surface area contributed by atoms with Crippen LogP contribution >= 0.6 is 22.9 Å². The molecule has 2 aromatic heterocycles. The lowest BCUT2D eigenvalue weighted by molar-refractivity contribution is -0.115. The number of aryl methyl sites for hydroxylation is 1. The molecule has 1 aromatic carbocycles. The highest BCUT2D eigenvalue weighted by atomic mass is 35.5. The van der Waals surface area contributed by atoms with E-state index in [2.05, 4.69) is 15.5 Å². The topological polar surface area (TPSA) is 71.3 Å². The standard InChI is InChI=1S/C14H13ClN4O2S/c1-8-6-11(18-21-8)16-12(20)7-19(2)14-17-13-9(15)4-3-5-10(13)22-14/h3-6H,7H2,1-2H3,(H,16,18,20). The van der Waals surface area contributed by atoms with E-state index >= 15 is 0 Å². The molecule has 1 N–H and O–H groups in total. The number of thiazole rings is 1. The number of nitrogens with zero attached hydrogens (tertiary/aromatic N) is 3. The van der Waals surface area contributed by atoms with Gasteiger partial charge in [0.2, 0.25) is 5.91 Å². The Morgan fingerprint density at radius 2 is 2.32 bits per heavy atom. The number of likely N-dealkylation sites (N-methyl/N-ethyl adjacent to an activating group) is 1. The smallest absolute Gasteiger partial charge is 0.245 e. The van der Waals surface area contributed by atoms with Crippen molar-refractivity contribution in [1.82, 2.24) is 10.1 Å². The van der Waals surface area contributed by atoms with Crippen LogP contribution in [0, 0.1) is 6.92 Å². The van der Waals surface area contributed by atoms with Crippen molar-refractivity contribution in [3.8, 4) is 0 Å². The Balaban J connectivity index is 1.71. The third-order valence-electron chi connectivity index (χ3n) is 2.96. The molecule has 22 heavy (non-hydrogen) atoms. The summed E-state index contributed by atoms with van der Waals surface area (Å²) in [5, 5.41) is 7.74. The second-order valence-corrected chi connectivity index (χ2v) is 6.23. The molecule has 2 heterocycles. The number of amides is 1. The lowest BCUT2D eigenvalue weighted by atomic mass is 10.3. The fourth-order valence-electron chi connectivity index (χ4n) is 1.96. The summed E-state index contributed by atoms with van der Waals surface area (Å²) in [7, 11) is 1.80. The molecular formula is C14H13ClN4O2S. The van der Waals surface area contributed by atoms with E-state index in [4.69, 9.17) is 16.1 Å². The third-order valence-corrected chi connectivity index (χ3v) is 4.40. The highest BCUT2D eigenvalue weighted by Gasteiger charge is 2.14. The summed E-state index contributed by atoms with van der Waals surface area (Å²) >= 11 is 7.61. The number of rotatable bonds is 4. The van der Waals surface area contributed by atoms with Gasteiger partial charge in [0.1, 0.15) is 11.3 Å².